The summed E-state index contributed by atoms with van der Waals surface area (Å²) in [7, 11) is 0. The molecule has 3 rings (SSSR count). The molecule has 116 valence electrons. The lowest BCUT2D eigenvalue weighted by Crippen LogP contribution is -3.12. The second-order valence-corrected chi connectivity index (χ2v) is 6.53. The first kappa shape index (κ1) is 14.9. The molecular weight excluding hydrogens is 302 g/mol. The number of hydrogen-bond donors (Lipinski definition) is 1. The lowest BCUT2D eigenvalue weighted by atomic mass is 9.98. The van der Waals surface area contributed by atoms with Crippen LogP contribution in [0.4, 0.5) is 5.69 Å². The van der Waals surface area contributed by atoms with Gasteiger partial charge in [-0.2, -0.15) is 0 Å². The predicted octanol–water partition coefficient (Wildman–Crippen LogP) is 1.37. The minimum absolute atomic E-state index is 0.0414. The van der Waals surface area contributed by atoms with E-state index in [0.717, 1.165) is 19.4 Å². The van der Waals surface area contributed by atoms with Gasteiger partial charge in [0.25, 0.3) is 11.2 Å². The molecule has 7 heteroatoms. The number of rotatable bonds is 4. The van der Waals surface area contributed by atoms with E-state index in [1.165, 1.54) is 38.2 Å². The van der Waals surface area contributed by atoms with Crippen molar-refractivity contribution in [3.05, 3.63) is 60.7 Å². The summed E-state index contributed by atoms with van der Waals surface area (Å²) in [6.45, 7) is 3.56. The van der Waals surface area contributed by atoms with Crippen LogP contribution in [0.2, 0.25) is 0 Å². The van der Waals surface area contributed by atoms with E-state index in [9.17, 15) is 14.9 Å². The molecule has 0 radical (unpaired) electrons. The van der Waals surface area contributed by atoms with Crippen LogP contribution in [-0.4, -0.2) is 16.0 Å². The second kappa shape index (κ2) is 6.02. The molecule has 2 aromatic rings. The Labute approximate surface area is 131 Å². The van der Waals surface area contributed by atoms with Crippen molar-refractivity contribution in [1.29, 1.82) is 0 Å². The molecule has 6 nitrogen and oxygen atoms in total. The summed E-state index contributed by atoms with van der Waals surface area (Å²) >= 11 is 1.79. The molecule has 3 heterocycles. The molecule has 0 fully saturated rings. The van der Waals surface area contributed by atoms with E-state index < -0.39 is 4.92 Å². The molecule has 2 aromatic heterocycles. The lowest BCUT2D eigenvalue weighted by Gasteiger charge is -2.32. The smallest absolute Gasteiger partial charge is 0.285 e. The molecule has 0 spiro atoms. The summed E-state index contributed by atoms with van der Waals surface area (Å²) in [6.07, 6.45) is 3.34. The van der Waals surface area contributed by atoms with Crippen molar-refractivity contribution >= 4 is 17.0 Å². The quantitative estimate of drug-likeness (QED) is 0.683. The fourth-order valence-electron chi connectivity index (χ4n) is 3.20. The number of hydrogen-bond acceptors (Lipinski definition) is 4. The highest BCUT2D eigenvalue weighted by Gasteiger charge is 2.30. The summed E-state index contributed by atoms with van der Waals surface area (Å²) in [5.74, 6) is 0. The zero-order valence-electron chi connectivity index (χ0n) is 12.3. The second-order valence-electron chi connectivity index (χ2n) is 5.53. The number of nitrogens with one attached hydrogen (secondary N) is 1. The highest BCUT2D eigenvalue weighted by Crippen LogP contribution is 2.26. The van der Waals surface area contributed by atoms with Crippen molar-refractivity contribution in [1.82, 2.24) is 4.57 Å². The van der Waals surface area contributed by atoms with Crippen LogP contribution in [0.1, 0.15) is 29.8 Å². The zero-order valence-corrected chi connectivity index (χ0v) is 13.1. The first-order chi connectivity index (χ1) is 10.6. The molecule has 1 unspecified atom stereocenters. The van der Waals surface area contributed by atoms with Crippen molar-refractivity contribution < 1.29 is 9.82 Å². The number of nitrogens with zero attached hydrogens (tertiary/aromatic N) is 2. The number of pyridine rings is 1. The molecule has 2 atom stereocenters. The van der Waals surface area contributed by atoms with Crippen LogP contribution in [0.15, 0.2) is 34.6 Å². The number of nitro groups is 1. The van der Waals surface area contributed by atoms with Crippen molar-refractivity contribution in [3.63, 3.8) is 0 Å². The van der Waals surface area contributed by atoms with E-state index in [2.05, 4.69) is 18.4 Å². The van der Waals surface area contributed by atoms with Crippen LogP contribution in [0.3, 0.4) is 0 Å². The molecule has 1 N–H and O–H groups in total. The number of aromatic nitrogens is 1. The van der Waals surface area contributed by atoms with Crippen LogP contribution in [-0.2, 0) is 13.1 Å². The van der Waals surface area contributed by atoms with Crippen molar-refractivity contribution in [2.24, 2.45) is 0 Å². The van der Waals surface area contributed by atoms with E-state index in [4.69, 9.17) is 0 Å². The lowest BCUT2D eigenvalue weighted by molar-refractivity contribution is -0.955. The predicted molar refractivity (Wildman–Crippen MR) is 84.2 cm³/mol. The Morgan fingerprint density at radius 2 is 2.27 bits per heavy atom. The standard InChI is InChI=1S/C15H17N3O3S/c1-2-13-12-6-8-22-14(12)5-7-16(13)10-17-9-11(18(20)21)3-4-15(17)19/h3-4,6,8-9,13H,2,5,7,10H2,1H3/p+1/t13-/m1/s1. The van der Waals surface area contributed by atoms with Gasteiger partial charge in [-0.15, -0.1) is 11.3 Å². The highest BCUT2D eigenvalue weighted by molar-refractivity contribution is 7.10. The summed E-state index contributed by atoms with van der Waals surface area (Å²) in [5.41, 5.74) is 1.14. The first-order valence-corrected chi connectivity index (χ1v) is 8.24. The maximum atomic E-state index is 12.0. The molecule has 1 aliphatic heterocycles. The molecule has 0 aliphatic carbocycles. The van der Waals surface area contributed by atoms with Crippen LogP contribution in [0, 0.1) is 10.1 Å². The van der Waals surface area contributed by atoms with Gasteiger partial charge in [0.2, 0.25) is 0 Å². The average molecular weight is 320 g/mol. The third kappa shape index (κ3) is 2.69. The Kier molecular flexibility index (Phi) is 4.08. The number of fused-ring (bicyclic) bond motifs is 1. The third-order valence-corrected chi connectivity index (χ3v) is 5.28. The molecular formula is C15H18N3O3S+. The zero-order chi connectivity index (χ0) is 15.7. The largest absolute Gasteiger partial charge is 0.311 e. The molecule has 0 bridgehead atoms. The molecule has 1 aliphatic rings. The molecule has 0 saturated heterocycles. The summed E-state index contributed by atoms with van der Waals surface area (Å²) in [6, 6.07) is 5.06. The average Bonchev–Trinajstić information content (AvgIpc) is 2.97. The molecule has 0 saturated carbocycles. The number of quaternary nitrogens is 1. The Balaban J connectivity index is 1.89. The van der Waals surface area contributed by atoms with Crippen LogP contribution in [0.25, 0.3) is 0 Å². The van der Waals surface area contributed by atoms with E-state index in [0.29, 0.717) is 12.7 Å². The van der Waals surface area contributed by atoms with Gasteiger partial charge >= 0.3 is 0 Å². The van der Waals surface area contributed by atoms with Crippen LogP contribution < -0.4 is 10.5 Å². The monoisotopic (exact) mass is 320 g/mol. The molecule has 0 amide bonds. The van der Waals surface area contributed by atoms with Crippen LogP contribution in [0.5, 0.6) is 0 Å². The minimum atomic E-state index is -0.463. The fraction of sp³-hybridized carbons (Fsp3) is 0.400. The van der Waals surface area contributed by atoms with Gasteiger partial charge < -0.3 is 4.90 Å². The van der Waals surface area contributed by atoms with Gasteiger partial charge in [0, 0.05) is 35.4 Å². The van der Waals surface area contributed by atoms with Crippen molar-refractivity contribution in [2.45, 2.75) is 32.5 Å². The maximum Gasteiger partial charge on any atom is 0.285 e. The van der Waals surface area contributed by atoms with Gasteiger partial charge in [-0.3, -0.25) is 19.5 Å². The fourth-order valence-corrected chi connectivity index (χ4v) is 4.14. The Morgan fingerprint density at radius 3 is 3.00 bits per heavy atom. The van der Waals surface area contributed by atoms with Gasteiger partial charge in [0.15, 0.2) is 6.67 Å². The van der Waals surface area contributed by atoms with E-state index in [1.807, 2.05) is 0 Å². The van der Waals surface area contributed by atoms with Crippen LogP contribution >= 0.6 is 11.3 Å². The summed E-state index contributed by atoms with van der Waals surface area (Å²) in [4.78, 5) is 25.1. The van der Waals surface area contributed by atoms with Gasteiger partial charge in [0.1, 0.15) is 6.04 Å². The van der Waals surface area contributed by atoms with Crippen molar-refractivity contribution in [3.8, 4) is 0 Å². The first-order valence-electron chi connectivity index (χ1n) is 7.36. The van der Waals surface area contributed by atoms with E-state index in [1.54, 1.807) is 11.3 Å². The van der Waals surface area contributed by atoms with Gasteiger partial charge in [0.05, 0.1) is 17.7 Å². The molecule has 22 heavy (non-hydrogen) atoms. The topological polar surface area (TPSA) is 69.6 Å². The van der Waals surface area contributed by atoms with Gasteiger partial charge in [-0.25, -0.2) is 0 Å². The highest BCUT2D eigenvalue weighted by atomic mass is 32.1. The SMILES string of the molecule is CC[C@@H]1c2ccsc2CC[NH+]1Cn1cc([N+](=O)[O-])ccc1=O. The summed E-state index contributed by atoms with van der Waals surface area (Å²) < 4.78 is 1.47. The Bertz CT molecular complexity index is 752. The maximum absolute atomic E-state index is 12.0. The Morgan fingerprint density at radius 1 is 1.45 bits per heavy atom. The minimum Gasteiger partial charge on any atom is -0.311 e. The normalized spacial score (nSPS) is 20.6. The third-order valence-electron chi connectivity index (χ3n) is 4.28. The van der Waals surface area contributed by atoms with E-state index in [-0.39, 0.29) is 11.2 Å². The van der Waals surface area contributed by atoms with Gasteiger partial charge in [-0.1, -0.05) is 6.92 Å². The van der Waals surface area contributed by atoms with Crippen molar-refractivity contribution in [2.75, 3.05) is 6.54 Å². The van der Waals surface area contributed by atoms with Gasteiger partial charge in [-0.05, 0) is 11.4 Å². The Hall–Kier alpha value is -1.99. The number of thiophene rings is 1. The van der Waals surface area contributed by atoms with E-state index >= 15 is 0 Å². The molecule has 0 aromatic carbocycles. The summed E-state index contributed by atoms with van der Waals surface area (Å²) in [5, 5.41) is 13.0.